The highest BCUT2D eigenvalue weighted by atomic mass is 16.5. The van der Waals surface area contributed by atoms with Crippen LogP contribution in [0.3, 0.4) is 0 Å². The molecular weight excluding hydrogens is 280 g/mol. The summed E-state index contributed by atoms with van der Waals surface area (Å²) >= 11 is 0. The second-order valence-electron chi connectivity index (χ2n) is 3.97. The van der Waals surface area contributed by atoms with Gasteiger partial charge in [-0.25, -0.2) is 14.4 Å². The standard InChI is InChI=1S/C13H16N2O6/c1-20-12(18)14-7-10(11(16)17)15-13(19)21-8-9-5-3-2-4-6-9/h2-6,10H,7-8H2,1H3,(H,14,18)(H,15,19)(H,16,17). The lowest BCUT2D eigenvalue weighted by molar-refractivity contribution is -0.139. The molecule has 0 bridgehead atoms. The predicted octanol–water partition coefficient (Wildman–Crippen LogP) is 0.722. The molecule has 0 spiro atoms. The normalized spacial score (nSPS) is 11.1. The Kier molecular flexibility index (Phi) is 6.52. The highest BCUT2D eigenvalue weighted by Crippen LogP contribution is 2.00. The fraction of sp³-hybridized carbons (Fsp3) is 0.308. The average molecular weight is 296 g/mol. The van der Waals surface area contributed by atoms with Crippen molar-refractivity contribution in [2.24, 2.45) is 0 Å². The number of aliphatic carboxylic acids is 1. The van der Waals surface area contributed by atoms with Gasteiger partial charge in [0.1, 0.15) is 12.6 Å². The number of benzene rings is 1. The summed E-state index contributed by atoms with van der Waals surface area (Å²) in [7, 11) is 1.15. The van der Waals surface area contributed by atoms with E-state index in [4.69, 9.17) is 9.84 Å². The van der Waals surface area contributed by atoms with Crippen LogP contribution in [-0.4, -0.2) is 43.0 Å². The SMILES string of the molecule is COC(=O)NCC(NC(=O)OCc1ccccc1)C(=O)O. The molecule has 0 aliphatic carbocycles. The number of amides is 2. The van der Waals surface area contributed by atoms with Crippen molar-refractivity contribution in [3.63, 3.8) is 0 Å². The fourth-order valence-electron chi connectivity index (χ4n) is 1.36. The van der Waals surface area contributed by atoms with Crippen LogP contribution in [0.1, 0.15) is 5.56 Å². The Morgan fingerprint density at radius 3 is 2.43 bits per heavy atom. The number of rotatable bonds is 6. The molecule has 1 atom stereocenters. The van der Waals surface area contributed by atoms with Gasteiger partial charge in [0.2, 0.25) is 0 Å². The third-order valence-electron chi connectivity index (χ3n) is 2.44. The van der Waals surface area contributed by atoms with Gasteiger partial charge in [0.25, 0.3) is 0 Å². The Labute approximate surface area is 121 Å². The van der Waals surface area contributed by atoms with Crippen LogP contribution in [0, 0.1) is 0 Å². The summed E-state index contributed by atoms with van der Waals surface area (Å²) in [5, 5.41) is 13.2. The van der Waals surface area contributed by atoms with E-state index >= 15 is 0 Å². The van der Waals surface area contributed by atoms with Gasteiger partial charge in [0.15, 0.2) is 0 Å². The Bertz CT molecular complexity index is 491. The Hall–Kier alpha value is -2.77. The molecule has 0 saturated heterocycles. The number of alkyl carbamates (subject to hydrolysis) is 2. The van der Waals surface area contributed by atoms with Gasteiger partial charge in [-0.05, 0) is 5.56 Å². The van der Waals surface area contributed by atoms with Crippen molar-refractivity contribution < 1.29 is 29.0 Å². The molecule has 21 heavy (non-hydrogen) atoms. The van der Waals surface area contributed by atoms with Crippen LogP contribution in [0.5, 0.6) is 0 Å². The molecule has 114 valence electrons. The summed E-state index contributed by atoms with van der Waals surface area (Å²) in [6.45, 7) is -0.300. The number of methoxy groups -OCH3 is 1. The van der Waals surface area contributed by atoms with Crippen LogP contribution in [0.2, 0.25) is 0 Å². The molecule has 0 radical (unpaired) electrons. The van der Waals surface area contributed by atoms with E-state index in [-0.39, 0.29) is 13.2 Å². The molecular formula is C13H16N2O6. The number of carboxylic acids is 1. The fourth-order valence-corrected chi connectivity index (χ4v) is 1.36. The van der Waals surface area contributed by atoms with Gasteiger partial charge in [-0.2, -0.15) is 0 Å². The van der Waals surface area contributed by atoms with Crippen molar-refractivity contribution in [2.45, 2.75) is 12.6 Å². The van der Waals surface area contributed by atoms with Crippen LogP contribution in [0.25, 0.3) is 0 Å². The zero-order valence-electron chi connectivity index (χ0n) is 11.4. The number of hydrogen-bond donors (Lipinski definition) is 3. The number of hydrogen-bond acceptors (Lipinski definition) is 5. The molecule has 8 heteroatoms. The van der Waals surface area contributed by atoms with Gasteiger partial charge >= 0.3 is 18.2 Å². The van der Waals surface area contributed by atoms with E-state index in [1.54, 1.807) is 24.3 Å². The molecule has 8 nitrogen and oxygen atoms in total. The van der Waals surface area contributed by atoms with Crippen molar-refractivity contribution in [3.8, 4) is 0 Å². The molecule has 0 saturated carbocycles. The van der Waals surface area contributed by atoms with E-state index in [2.05, 4.69) is 15.4 Å². The number of carbonyl (C=O) groups excluding carboxylic acids is 2. The van der Waals surface area contributed by atoms with Crippen molar-refractivity contribution >= 4 is 18.2 Å². The van der Waals surface area contributed by atoms with E-state index in [9.17, 15) is 14.4 Å². The summed E-state index contributed by atoms with van der Waals surface area (Å²) in [4.78, 5) is 33.3. The molecule has 1 aromatic rings. The van der Waals surface area contributed by atoms with Gasteiger partial charge in [-0.1, -0.05) is 30.3 Å². The minimum atomic E-state index is -1.31. The summed E-state index contributed by atoms with van der Waals surface area (Å²) in [6, 6.07) is 7.62. The summed E-state index contributed by atoms with van der Waals surface area (Å²) in [5.74, 6) is -1.30. The Morgan fingerprint density at radius 1 is 1.19 bits per heavy atom. The van der Waals surface area contributed by atoms with E-state index in [0.29, 0.717) is 0 Å². The van der Waals surface area contributed by atoms with Crippen LogP contribution in [-0.2, 0) is 20.9 Å². The summed E-state index contributed by atoms with van der Waals surface area (Å²) in [6.07, 6.45) is -1.68. The summed E-state index contributed by atoms with van der Waals surface area (Å²) < 4.78 is 9.19. The highest BCUT2D eigenvalue weighted by molar-refractivity contribution is 5.80. The second-order valence-corrected chi connectivity index (χ2v) is 3.97. The van der Waals surface area contributed by atoms with Crippen molar-refractivity contribution in [2.75, 3.05) is 13.7 Å². The third-order valence-corrected chi connectivity index (χ3v) is 2.44. The zero-order valence-corrected chi connectivity index (χ0v) is 11.4. The monoisotopic (exact) mass is 296 g/mol. The van der Waals surface area contributed by atoms with E-state index in [1.165, 1.54) is 0 Å². The topological polar surface area (TPSA) is 114 Å². The highest BCUT2D eigenvalue weighted by Gasteiger charge is 2.21. The maximum atomic E-state index is 11.5. The van der Waals surface area contributed by atoms with Gasteiger partial charge in [0.05, 0.1) is 13.7 Å². The van der Waals surface area contributed by atoms with E-state index < -0.39 is 24.2 Å². The van der Waals surface area contributed by atoms with E-state index in [1.807, 2.05) is 6.07 Å². The quantitative estimate of drug-likeness (QED) is 0.712. The van der Waals surface area contributed by atoms with Crippen molar-refractivity contribution in [3.05, 3.63) is 35.9 Å². The van der Waals surface area contributed by atoms with E-state index in [0.717, 1.165) is 12.7 Å². The van der Waals surface area contributed by atoms with Gasteiger partial charge < -0.3 is 25.2 Å². The minimum Gasteiger partial charge on any atom is -0.480 e. The number of carbonyl (C=O) groups is 3. The third kappa shape index (κ3) is 6.28. The molecule has 1 aromatic carbocycles. The average Bonchev–Trinajstić information content (AvgIpc) is 2.49. The first-order valence-corrected chi connectivity index (χ1v) is 6.04. The first kappa shape index (κ1) is 16.3. The molecule has 0 aromatic heterocycles. The number of ether oxygens (including phenoxy) is 2. The molecule has 0 heterocycles. The first-order chi connectivity index (χ1) is 10.0. The van der Waals surface area contributed by atoms with Crippen molar-refractivity contribution in [1.29, 1.82) is 0 Å². The summed E-state index contributed by atoms with van der Waals surface area (Å²) in [5.41, 5.74) is 0.771. The zero-order chi connectivity index (χ0) is 15.7. The lowest BCUT2D eigenvalue weighted by Gasteiger charge is -2.14. The van der Waals surface area contributed by atoms with Crippen LogP contribution in [0.15, 0.2) is 30.3 Å². The lowest BCUT2D eigenvalue weighted by Crippen LogP contribution is -2.48. The molecule has 3 N–H and O–H groups in total. The largest absolute Gasteiger partial charge is 0.480 e. The smallest absolute Gasteiger partial charge is 0.408 e. The molecule has 0 fully saturated rings. The molecule has 0 aliphatic heterocycles. The van der Waals surface area contributed by atoms with Crippen LogP contribution in [0.4, 0.5) is 9.59 Å². The van der Waals surface area contributed by atoms with Crippen LogP contribution < -0.4 is 10.6 Å². The maximum Gasteiger partial charge on any atom is 0.408 e. The second kappa shape index (κ2) is 8.41. The Morgan fingerprint density at radius 2 is 1.86 bits per heavy atom. The number of nitrogens with one attached hydrogen (secondary N) is 2. The van der Waals surface area contributed by atoms with Crippen LogP contribution >= 0.6 is 0 Å². The van der Waals surface area contributed by atoms with Gasteiger partial charge in [-0.3, -0.25) is 0 Å². The van der Waals surface area contributed by atoms with Gasteiger partial charge in [0, 0.05) is 0 Å². The van der Waals surface area contributed by atoms with Gasteiger partial charge in [-0.15, -0.1) is 0 Å². The Balaban J connectivity index is 2.41. The molecule has 1 rings (SSSR count). The minimum absolute atomic E-state index is 0.0173. The maximum absolute atomic E-state index is 11.5. The number of carboxylic acid groups (broad SMARTS) is 1. The molecule has 0 aliphatic rings. The lowest BCUT2D eigenvalue weighted by atomic mass is 10.2. The molecule has 1 unspecified atom stereocenters. The molecule has 2 amide bonds. The first-order valence-electron chi connectivity index (χ1n) is 6.04. The predicted molar refractivity (Wildman–Crippen MR) is 71.6 cm³/mol. The van der Waals surface area contributed by atoms with Crippen molar-refractivity contribution in [1.82, 2.24) is 10.6 Å².